The lowest BCUT2D eigenvalue weighted by Crippen LogP contribution is -1.93. The average molecular weight is 353 g/mol. The SMILES string of the molecule is COc1ccc(-n2cc(-c3cccc(N)c3C)c3cc(C#N)ccc32)cc1. The molecule has 1 aromatic heterocycles. The Kier molecular flexibility index (Phi) is 4.06. The van der Waals surface area contributed by atoms with Crippen molar-refractivity contribution in [3.05, 3.63) is 78.0 Å². The van der Waals surface area contributed by atoms with Crippen molar-refractivity contribution >= 4 is 16.6 Å². The van der Waals surface area contributed by atoms with Crippen molar-refractivity contribution in [2.45, 2.75) is 6.92 Å². The maximum absolute atomic E-state index is 9.35. The Morgan fingerprint density at radius 2 is 1.78 bits per heavy atom. The molecule has 0 aliphatic rings. The summed E-state index contributed by atoms with van der Waals surface area (Å²) in [5, 5.41) is 10.4. The number of rotatable bonds is 3. The maximum atomic E-state index is 9.35. The number of hydrogen-bond acceptors (Lipinski definition) is 3. The Bertz CT molecular complexity index is 1180. The van der Waals surface area contributed by atoms with Gasteiger partial charge in [-0.15, -0.1) is 0 Å². The van der Waals surface area contributed by atoms with Gasteiger partial charge in [0.2, 0.25) is 0 Å². The summed E-state index contributed by atoms with van der Waals surface area (Å²) in [5.41, 5.74) is 12.8. The fourth-order valence-electron chi connectivity index (χ4n) is 3.42. The second-order valence-corrected chi connectivity index (χ2v) is 6.47. The molecule has 0 atom stereocenters. The van der Waals surface area contributed by atoms with Crippen LogP contribution in [0.1, 0.15) is 11.1 Å². The molecule has 0 radical (unpaired) electrons. The van der Waals surface area contributed by atoms with Crippen LogP contribution in [0.15, 0.2) is 66.9 Å². The van der Waals surface area contributed by atoms with E-state index in [1.165, 1.54) is 0 Å². The molecule has 0 amide bonds. The third-order valence-corrected chi connectivity index (χ3v) is 4.95. The lowest BCUT2D eigenvalue weighted by Gasteiger charge is -2.07. The van der Waals surface area contributed by atoms with Crippen LogP contribution < -0.4 is 10.5 Å². The highest BCUT2D eigenvalue weighted by molar-refractivity contribution is 5.99. The van der Waals surface area contributed by atoms with Crippen molar-refractivity contribution < 1.29 is 4.74 Å². The molecule has 3 aromatic carbocycles. The van der Waals surface area contributed by atoms with Gasteiger partial charge in [-0.1, -0.05) is 12.1 Å². The van der Waals surface area contributed by atoms with Gasteiger partial charge in [0, 0.05) is 28.5 Å². The first-order valence-corrected chi connectivity index (χ1v) is 8.67. The normalized spacial score (nSPS) is 10.7. The molecule has 0 saturated heterocycles. The van der Waals surface area contributed by atoms with Crippen LogP contribution >= 0.6 is 0 Å². The molecule has 0 spiro atoms. The van der Waals surface area contributed by atoms with E-state index < -0.39 is 0 Å². The van der Waals surface area contributed by atoms with Crippen LogP contribution in [0.4, 0.5) is 5.69 Å². The Balaban J connectivity index is 2.01. The Morgan fingerprint density at radius 1 is 1.00 bits per heavy atom. The molecule has 4 aromatic rings. The summed E-state index contributed by atoms with van der Waals surface area (Å²) in [7, 11) is 1.66. The minimum atomic E-state index is 0.637. The van der Waals surface area contributed by atoms with Crippen molar-refractivity contribution in [3.63, 3.8) is 0 Å². The van der Waals surface area contributed by atoms with E-state index in [0.717, 1.165) is 44.7 Å². The molecule has 4 rings (SSSR count). The van der Waals surface area contributed by atoms with E-state index >= 15 is 0 Å². The molecule has 2 N–H and O–H groups in total. The average Bonchev–Trinajstić information content (AvgIpc) is 3.08. The molecule has 0 bridgehead atoms. The molecule has 4 nitrogen and oxygen atoms in total. The molecular weight excluding hydrogens is 334 g/mol. The van der Waals surface area contributed by atoms with Gasteiger partial charge >= 0.3 is 0 Å². The minimum Gasteiger partial charge on any atom is -0.497 e. The zero-order valence-corrected chi connectivity index (χ0v) is 15.2. The van der Waals surface area contributed by atoms with E-state index in [2.05, 4.69) is 22.9 Å². The number of nitrogens with zero attached hydrogens (tertiary/aromatic N) is 2. The third-order valence-electron chi connectivity index (χ3n) is 4.95. The van der Waals surface area contributed by atoms with E-state index in [1.54, 1.807) is 7.11 Å². The van der Waals surface area contributed by atoms with Crippen LogP contribution in [-0.4, -0.2) is 11.7 Å². The second kappa shape index (κ2) is 6.54. The summed E-state index contributed by atoms with van der Waals surface area (Å²) < 4.78 is 7.40. The lowest BCUT2D eigenvalue weighted by molar-refractivity contribution is 0.415. The predicted molar refractivity (Wildman–Crippen MR) is 109 cm³/mol. The van der Waals surface area contributed by atoms with Gasteiger partial charge in [0.05, 0.1) is 24.3 Å². The molecule has 27 heavy (non-hydrogen) atoms. The van der Waals surface area contributed by atoms with Gasteiger partial charge in [-0.25, -0.2) is 0 Å². The molecule has 4 heteroatoms. The molecule has 0 unspecified atom stereocenters. The van der Waals surface area contributed by atoms with E-state index in [0.29, 0.717) is 5.56 Å². The smallest absolute Gasteiger partial charge is 0.119 e. The monoisotopic (exact) mass is 353 g/mol. The summed E-state index contributed by atoms with van der Waals surface area (Å²) in [6.45, 7) is 2.02. The quantitative estimate of drug-likeness (QED) is 0.523. The van der Waals surface area contributed by atoms with E-state index in [1.807, 2.05) is 61.5 Å². The first-order chi connectivity index (χ1) is 13.1. The van der Waals surface area contributed by atoms with Gasteiger partial charge in [-0.05, 0) is 66.6 Å². The number of fused-ring (bicyclic) bond motifs is 1. The number of hydrogen-bond donors (Lipinski definition) is 1. The molecule has 132 valence electrons. The van der Waals surface area contributed by atoms with Gasteiger partial charge in [-0.3, -0.25) is 0 Å². The summed E-state index contributed by atoms with van der Waals surface area (Å²) >= 11 is 0. The Morgan fingerprint density at radius 3 is 2.48 bits per heavy atom. The van der Waals surface area contributed by atoms with E-state index in [-0.39, 0.29) is 0 Å². The highest BCUT2D eigenvalue weighted by Gasteiger charge is 2.15. The summed E-state index contributed by atoms with van der Waals surface area (Å²) in [6.07, 6.45) is 2.11. The third kappa shape index (κ3) is 2.80. The largest absolute Gasteiger partial charge is 0.497 e. The number of anilines is 1. The molecule has 1 heterocycles. The Labute approximate surface area is 158 Å². The number of aromatic nitrogens is 1. The number of nitrogen functional groups attached to an aromatic ring is 1. The van der Waals surface area contributed by atoms with Crippen molar-refractivity contribution in [2.75, 3.05) is 12.8 Å². The van der Waals surface area contributed by atoms with Gasteiger partial charge < -0.3 is 15.0 Å². The number of nitrogens with two attached hydrogens (primary N) is 1. The molecule has 0 saturated carbocycles. The topological polar surface area (TPSA) is 64.0 Å². The Hall–Kier alpha value is -3.71. The molecular formula is C23H19N3O. The standard InChI is InChI=1S/C23H19N3O/c1-15-19(4-3-5-22(15)25)21-14-26(17-7-9-18(27-2)10-8-17)23-11-6-16(13-24)12-20(21)23/h3-12,14H,25H2,1-2H3. The number of ether oxygens (including phenoxy) is 1. The zero-order chi connectivity index (χ0) is 19.0. The first-order valence-electron chi connectivity index (χ1n) is 8.67. The van der Waals surface area contributed by atoms with Gasteiger partial charge in [-0.2, -0.15) is 5.26 Å². The summed E-state index contributed by atoms with van der Waals surface area (Å²) in [6, 6.07) is 21.9. The minimum absolute atomic E-state index is 0.637. The zero-order valence-electron chi connectivity index (χ0n) is 15.2. The molecule has 0 fully saturated rings. The fourth-order valence-corrected chi connectivity index (χ4v) is 3.42. The maximum Gasteiger partial charge on any atom is 0.119 e. The summed E-state index contributed by atoms with van der Waals surface area (Å²) in [5.74, 6) is 0.814. The first kappa shape index (κ1) is 16.7. The van der Waals surface area contributed by atoms with Crippen molar-refractivity contribution in [3.8, 4) is 28.6 Å². The van der Waals surface area contributed by atoms with Crippen molar-refractivity contribution in [1.29, 1.82) is 5.26 Å². The second-order valence-electron chi connectivity index (χ2n) is 6.47. The van der Waals surface area contributed by atoms with Crippen LogP contribution in [0.5, 0.6) is 5.75 Å². The molecule has 0 aliphatic carbocycles. The fraction of sp³-hybridized carbons (Fsp3) is 0.0870. The highest BCUT2D eigenvalue weighted by Crippen LogP contribution is 2.36. The highest BCUT2D eigenvalue weighted by atomic mass is 16.5. The lowest BCUT2D eigenvalue weighted by atomic mass is 9.98. The van der Waals surface area contributed by atoms with Crippen LogP contribution in [0.25, 0.3) is 27.7 Å². The van der Waals surface area contributed by atoms with Gasteiger partial charge in [0.25, 0.3) is 0 Å². The number of nitriles is 1. The number of methoxy groups -OCH3 is 1. The predicted octanol–water partition coefficient (Wildman–Crippen LogP) is 5.07. The van der Waals surface area contributed by atoms with Crippen molar-refractivity contribution in [2.24, 2.45) is 0 Å². The van der Waals surface area contributed by atoms with Crippen molar-refractivity contribution in [1.82, 2.24) is 4.57 Å². The molecule has 0 aliphatic heterocycles. The van der Waals surface area contributed by atoms with Gasteiger partial charge in [0.15, 0.2) is 0 Å². The van der Waals surface area contributed by atoms with E-state index in [4.69, 9.17) is 10.5 Å². The van der Waals surface area contributed by atoms with Crippen LogP contribution in [0, 0.1) is 18.3 Å². The van der Waals surface area contributed by atoms with Crippen LogP contribution in [0.3, 0.4) is 0 Å². The number of benzene rings is 3. The van der Waals surface area contributed by atoms with Gasteiger partial charge in [0.1, 0.15) is 5.75 Å². The van der Waals surface area contributed by atoms with E-state index in [9.17, 15) is 5.26 Å². The van der Waals surface area contributed by atoms with Crippen LogP contribution in [0.2, 0.25) is 0 Å². The van der Waals surface area contributed by atoms with Crippen LogP contribution in [-0.2, 0) is 0 Å². The summed E-state index contributed by atoms with van der Waals surface area (Å²) in [4.78, 5) is 0.